The minimum atomic E-state index is -0.347. The number of amides is 2. The molecule has 0 saturated heterocycles. The predicted molar refractivity (Wildman–Crippen MR) is 133 cm³/mol. The zero-order chi connectivity index (χ0) is 25.0. The molecule has 35 heavy (non-hydrogen) atoms. The van der Waals surface area contributed by atoms with Crippen molar-refractivity contribution in [2.75, 3.05) is 27.4 Å². The average Bonchev–Trinajstić information content (AvgIpc) is 2.90. The van der Waals surface area contributed by atoms with Gasteiger partial charge in [-0.25, -0.2) is 5.48 Å². The van der Waals surface area contributed by atoms with Crippen molar-refractivity contribution in [1.29, 1.82) is 0 Å². The number of ether oxygens (including phenoxy) is 3. The van der Waals surface area contributed by atoms with Gasteiger partial charge < -0.3 is 19.1 Å². The van der Waals surface area contributed by atoms with Gasteiger partial charge in [0, 0.05) is 25.6 Å². The van der Waals surface area contributed by atoms with E-state index in [9.17, 15) is 9.59 Å². The molecule has 1 heterocycles. The number of hydrogen-bond acceptors (Lipinski definition) is 6. The van der Waals surface area contributed by atoms with Crippen LogP contribution in [0.25, 0.3) is 6.08 Å². The van der Waals surface area contributed by atoms with Gasteiger partial charge in [0.1, 0.15) is 5.75 Å². The lowest BCUT2D eigenvalue weighted by Crippen LogP contribution is -2.34. The highest BCUT2D eigenvalue weighted by atomic mass is 16.5. The fourth-order valence-electron chi connectivity index (χ4n) is 4.01. The van der Waals surface area contributed by atoms with Crippen LogP contribution in [0.4, 0.5) is 0 Å². The molecule has 0 fully saturated rings. The van der Waals surface area contributed by atoms with Crippen molar-refractivity contribution in [3.8, 4) is 17.2 Å². The summed E-state index contributed by atoms with van der Waals surface area (Å²) < 4.78 is 16.5. The molecule has 2 amide bonds. The molecule has 0 atom stereocenters. The third kappa shape index (κ3) is 7.75. The van der Waals surface area contributed by atoms with Gasteiger partial charge in [0.2, 0.25) is 11.8 Å². The van der Waals surface area contributed by atoms with Gasteiger partial charge in [-0.05, 0) is 66.3 Å². The molecule has 0 aliphatic carbocycles. The molecular weight excluding hydrogens is 448 g/mol. The number of nitrogens with one attached hydrogen (secondary N) is 1. The minimum Gasteiger partial charge on any atom is -0.494 e. The van der Waals surface area contributed by atoms with Gasteiger partial charge in [0.25, 0.3) is 0 Å². The van der Waals surface area contributed by atoms with Crippen LogP contribution >= 0.6 is 0 Å². The van der Waals surface area contributed by atoms with E-state index in [4.69, 9.17) is 19.4 Å². The molecule has 2 N–H and O–H groups in total. The van der Waals surface area contributed by atoms with Crippen molar-refractivity contribution in [1.82, 2.24) is 10.4 Å². The van der Waals surface area contributed by atoms with E-state index in [1.54, 1.807) is 25.8 Å². The van der Waals surface area contributed by atoms with E-state index < -0.39 is 0 Å². The van der Waals surface area contributed by atoms with Crippen molar-refractivity contribution in [2.24, 2.45) is 0 Å². The van der Waals surface area contributed by atoms with E-state index in [0.29, 0.717) is 37.6 Å². The molecule has 0 bridgehead atoms. The largest absolute Gasteiger partial charge is 0.494 e. The maximum atomic E-state index is 12.8. The van der Waals surface area contributed by atoms with Crippen molar-refractivity contribution in [2.45, 2.75) is 45.1 Å². The number of hydrogen-bond donors (Lipinski definition) is 2. The number of fused-ring (bicyclic) bond motifs is 1. The van der Waals surface area contributed by atoms with Crippen LogP contribution in [0.3, 0.4) is 0 Å². The lowest BCUT2D eigenvalue weighted by atomic mass is 9.98. The zero-order valence-corrected chi connectivity index (χ0v) is 20.4. The van der Waals surface area contributed by atoms with Gasteiger partial charge in [-0.3, -0.25) is 14.8 Å². The van der Waals surface area contributed by atoms with Crippen molar-refractivity contribution >= 4 is 17.9 Å². The molecule has 8 nitrogen and oxygen atoms in total. The molecule has 1 aliphatic rings. The molecule has 2 aromatic carbocycles. The summed E-state index contributed by atoms with van der Waals surface area (Å²) in [4.78, 5) is 25.5. The average molecular weight is 483 g/mol. The fraction of sp³-hybridized carbons (Fsp3) is 0.407. The Morgan fingerprint density at radius 2 is 1.69 bits per heavy atom. The highest BCUT2D eigenvalue weighted by Crippen LogP contribution is 2.33. The first kappa shape index (κ1) is 26.1. The molecule has 0 saturated carbocycles. The first-order valence-corrected chi connectivity index (χ1v) is 11.9. The monoisotopic (exact) mass is 482 g/mol. The standard InChI is InChI=1S/C27H34N2O6/c1-33-24-17-21-14-15-29(19-22(21)18-25(24)34-2)27(31)13-10-20-8-11-23(12-9-20)35-16-6-4-3-5-7-26(30)28-32/h8-13,17-18,32H,3-7,14-16,19H2,1-2H3,(H,28,30)/b13-10+. The number of nitrogens with zero attached hydrogens (tertiary/aromatic N) is 1. The molecule has 0 spiro atoms. The zero-order valence-electron chi connectivity index (χ0n) is 20.4. The van der Waals surface area contributed by atoms with E-state index in [-0.39, 0.29) is 11.8 Å². The summed E-state index contributed by atoms with van der Waals surface area (Å²) in [6.07, 6.45) is 8.07. The highest BCUT2D eigenvalue weighted by Gasteiger charge is 2.21. The lowest BCUT2D eigenvalue weighted by Gasteiger charge is -2.28. The van der Waals surface area contributed by atoms with Crippen LogP contribution in [0.15, 0.2) is 42.5 Å². The molecule has 3 rings (SSSR count). The molecule has 0 unspecified atom stereocenters. The summed E-state index contributed by atoms with van der Waals surface area (Å²) in [5.74, 6) is 1.79. The molecule has 0 aromatic heterocycles. The summed E-state index contributed by atoms with van der Waals surface area (Å²) in [5, 5.41) is 8.46. The van der Waals surface area contributed by atoms with E-state index in [2.05, 4.69) is 0 Å². The molecule has 1 aliphatic heterocycles. The van der Waals surface area contributed by atoms with E-state index >= 15 is 0 Å². The Kier molecular flexibility index (Phi) is 9.98. The number of carbonyl (C=O) groups excluding carboxylic acids is 2. The Hall–Kier alpha value is -3.52. The summed E-state index contributed by atoms with van der Waals surface area (Å²) in [5.41, 5.74) is 4.82. The SMILES string of the molecule is COc1cc2c(cc1OC)CN(C(=O)/C=C/c1ccc(OCCCCCCC(=O)NO)cc1)CC2. The Bertz CT molecular complexity index is 1020. The number of rotatable bonds is 12. The molecule has 0 radical (unpaired) electrons. The van der Waals surface area contributed by atoms with Crippen LogP contribution in [0.5, 0.6) is 17.2 Å². The van der Waals surface area contributed by atoms with Crippen molar-refractivity contribution < 1.29 is 29.0 Å². The Morgan fingerprint density at radius 1 is 1.00 bits per heavy atom. The quantitative estimate of drug-likeness (QED) is 0.204. The van der Waals surface area contributed by atoms with Gasteiger partial charge in [0.05, 0.1) is 20.8 Å². The third-order valence-corrected chi connectivity index (χ3v) is 6.02. The van der Waals surface area contributed by atoms with Gasteiger partial charge >= 0.3 is 0 Å². The van der Waals surface area contributed by atoms with E-state index in [1.807, 2.05) is 47.4 Å². The second-order valence-electron chi connectivity index (χ2n) is 8.44. The number of unbranched alkanes of at least 4 members (excludes halogenated alkanes) is 3. The summed E-state index contributed by atoms with van der Waals surface area (Å²) in [7, 11) is 3.24. The third-order valence-electron chi connectivity index (χ3n) is 6.02. The van der Waals surface area contributed by atoms with Gasteiger partial charge in [-0.1, -0.05) is 25.0 Å². The van der Waals surface area contributed by atoms with Crippen LogP contribution in [0.1, 0.15) is 48.8 Å². The molecule has 2 aromatic rings. The van der Waals surface area contributed by atoms with Crippen LogP contribution < -0.4 is 19.7 Å². The maximum absolute atomic E-state index is 12.8. The number of methoxy groups -OCH3 is 2. The van der Waals surface area contributed by atoms with Gasteiger partial charge in [-0.2, -0.15) is 0 Å². The Labute approximate surface area is 206 Å². The topological polar surface area (TPSA) is 97.3 Å². The van der Waals surface area contributed by atoms with Crippen molar-refractivity contribution in [3.05, 3.63) is 59.2 Å². The number of benzene rings is 2. The van der Waals surface area contributed by atoms with E-state index in [0.717, 1.165) is 49.0 Å². The molecule has 8 heteroatoms. The Balaban J connectivity index is 1.43. The first-order chi connectivity index (χ1) is 17.0. The Morgan fingerprint density at radius 3 is 2.37 bits per heavy atom. The number of carbonyl (C=O) groups is 2. The molecule has 188 valence electrons. The summed E-state index contributed by atoms with van der Waals surface area (Å²) in [6.45, 7) is 1.81. The second-order valence-corrected chi connectivity index (χ2v) is 8.44. The molecular formula is C27H34N2O6. The van der Waals surface area contributed by atoms with Crippen LogP contribution in [0.2, 0.25) is 0 Å². The van der Waals surface area contributed by atoms with E-state index in [1.165, 1.54) is 5.56 Å². The van der Waals surface area contributed by atoms with Crippen molar-refractivity contribution in [3.63, 3.8) is 0 Å². The minimum absolute atomic E-state index is 0.0257. The fourth-order valence-corrected chi connectivity index (χ4v) is 4.01. The lowest BCUT2D eigenvalue weighted by molar-refractivity contribution is -0.129. The van der Waals surface area contributed by atoms with Crippen LogP contribution in [-0.2, 0) is 22.6 Å². The van der Waals surface area contributed by atoms with Crippen LogP contribution in [0, 0.1) is 0 Å². The first-order valence-electron chi connectivity index (χ1n) is 11.9. The summed E-state index contributed by atoms with van der Waals surface area (Å²) in [6, 6.07) is 11.6. The van der Waals surface area contributed by atoms with Gasteiger partial charge in [0.15, 0.2) is 11.5 Å². The summed E-state index contributed by atoms with van der Waals surface area (Å²) >= 11 is 0. The van der Waals surface area contributed by atoms with Gasteiger partial charge in [-0.15, -0.1) is 0 Å². The smallest absolute Gasteiger partial charge is 0.246 e. The normalized spacial score (nSPS) is 12.8. The van der Waals surface area contributed by atoms with Crippen LogP contribution in [-0.4, -0.2) is 49.3 Å². The predicted octanol–water partition coefficient (Wildman–Crippen LogP) is 4.14. The maximum Gasteiger partial charge on any atom is 0.246 e. The second kappa shape index (κ2) is 13.4. The highest BCUT2D eigenvalue weighted by molar-refractivity contribution is 5.92. The number of hydroxylamine groups is 1.